The van der Waals surface area contributed by atoms with Crippen LogP contribution in [0.25, 0.3) is 0 Å². The minimum absolute atomic E-state index is 0.221. The summed E-state index contributed by atoms with van der Waals surface area (Å²) in [6.45, 7) is 3.97. The van der Waals surface area contributed by atoms with Crippen molar-refractivity contribution in [2.45, 2.75) is 39.5 Å². The molecule has 96 valence electrons. The molecule has 1 rings (SSSR count). The van der Waals surface area contributed by atoms with Gasteiger partial charge < -0.3 is 5.32 Å². The summed E-state index contributed by atoms with van der Waals surface area (Å²) < 4.78 is 0. The molecule has 4 heteroatoms. The SMILES string of the molecule is CCCC(C#N)(CCC)C(=O)Nc1cccnc1. The monoisotopic (exact) mass is 245 g/mol. The van der Waals surface area contributed by atoms with Gasteiger partial charge in [-0.1, -0.05) is 26.7 Å². The van der Waals surface area contributed by atoms with E-state index in [1.165, 1.54) is 0 Å². The van der Waals surface area contributed by atoms with E-state index in [9.17, 15) is 10.1 Å². The maximum absolute atomic E-state index is 12.3. The fraction of sp³-hybridized carbons (Fsp3) is 0.500. The number of anilines is 1. The third-order valence-electron chi connectivity index (χ3n) is 2.92. The third-order valence-corrected chi connectivity index (χ3v) is 2.92. The van der Waals surface area contributed by atoms with E-state index in [-0.39, 0.29) is 5.91 Å². The molecule has 0 bridgehead atoms. The number of rotatable bonds is 6. The number of carbonyl (C=O) groups excluding carboxylic acids is 1. The van der Waals surface area contributed by atoms with E-state index in [1.807, 2.05) is 13.8 Å². The van der Waals surface area contributed by atoms with E-state index in [0.717, 1.165) is 12.8 Å². The van der Waals surface area contributed by atoms with Crippen molar-refractivity contribution in [3.05, 3.63) is 24.5 Å². The van der Waals surface area contributed by atoms with E-state index in [0.29, 0.717) is 18.5 Å². The summed E-state index contributed by atoms with van der Waals surface area (Å²) in [5.74, 6) is -0.221. The molecule has 0 spiro atoms. The average molecular weight is 245 g/mol. The average Bonchev–Trinajstić information content (AvgIpc) is 2.39. The summed E-state index contributed by atoms with van der Waals surface area (Å²) in [6.07, 6.45) is 6.03. The molecule has 0 aliphatic heterocycles. The molecule has 1 heterocycles. The van der Waals surface area contributed by atoms with E-state index in [1.54, 1.807) is 24.5 Å². The lowest BCUT2D eigenvalue weighted by molar-refractivity contribution is -0.123. The van der Waals surface area contributed by atoms with E-state index in [4.69, 9.17) is 0 Å². The van der Waals surface area contributed by atoms with Crippen molar-refractivity contribution in [3.63, 3.8) is 0 Å². The van der Waals surface area contributed by atoms with Crippen LogP contribution in [0.15, 0.2) is 24.5 Å². The van der Waals surface area contributed by atoms with Crippen LogP contribution in [0.1, 0.15) is 39.5 Å². The largest absolute Gasteiger partial charge is 0.323 e. The Kier molecular flexibility index (Phi) is 5.31. The molecule has 1 aromatic rings. The Bertz CT molecular complexity index is 416. The van der Waals surface area contributed by atoms with Gasteiger partial charge >= 0.3 is 0 Å². The van der Waals surface area contributed by atoms with E-state index >= 15 is 0 Å². The second-order valence-corrected chi connectivity index (χ2v) is 4.39. The Morgan fingerprint density at radius 3 is 2.56 bits per heavy atom. The van der Waals surface area contributed by atoms with Gasteiger partial charge in [0.15, 0.2) is 0 Å². The first kappa shape index (κ1) is 14.2. The Hall–Kier alpha value is -1.89. The first-order valence-corrected chi connectivity index (χ1v) is 6.31. The summed E-state index contributed by atoms with van der Waals surface area (Å²) in [4.78, 5) is 16.2. The molecular weight excluding hydrogens is 226 g/mol. The molecule has 0 unspecified atom stereocenters. The van der Waals surface area contributed by atoms with Gasteiger partial charge in [-0.2, -0.15) is 5.26 Å². The van der Waals surface area contributed by atoms with Crippen molar-refractivity contribution >= 4 is 11.6 Å². The predicted octanol–water partition coefficient (Wildman–Crippen LogP) is 3.13. The van der Waals surface area contributed by atoms with Crippen molar-refractivity contribution in [1.29, 1.82) is 5.26 Å². The normalized spacial score (nSPS) is 10.7. The lowest BCUT2D eigenvalue weighted by Crippen LogP contribution is -2.35. The van der Waals surface area contributed by atoms with Gasteiger partial charge in [0.2, 0.25) is 5.91 Å². The molecule has 0 aliphatic carbocycles. The van der Waals surface area contributed by atoms with Crippen molar-refractivity contribution < 1.29 is 4.79 Å². The van der Waals surface area contributed by atoms with Gasteiger partial charge in [0.05, 0.1) is 18.0 Å². The van der Waals surface area contributed by atoms with Crippen LogP contribution in [0, 0.1) is 16.7 Å². The fourth-order valence-corrected chi connectivity index (χ4v) is 2.06. The Morgan fingerprint density at radius 2 is 2.11 bits per heavy atom. The quantitative estimate of drug-likeness (QED) is 0.837. The predicted molar refractivity (Wildman–Crippen MR) is 70.7 cm³/mol. The molecule has 1 aromatic heterocycles. The van der Waals surface area contributed by atoms with Crippen LogP contribution in [-0.4, -0.2) is 10.9 Å². The highest BCUT2D eigenvalue weighted by Crippen LogP contribution is 2.30. The molecule has 0 atom stereocenters. The fourth-order valence-electron chi connectivity index (χ4n) is 2.06. The van der Waals surface area contributed by atoms with Crippen LogP contribution in [-0.2, 0) is 4.79 Å². The van der Waals surface area contributed by atoms with Gasteiger partial charge in [0, 0.05) is 6.20 Å². The zero-order valence-corrected chi connectivity index (χ0v) is 10.9. The van der Waals surface area contributed by atoms with Crippen LogP contribution in [0.3, 0.4) is 0 Å². The number of nitriles is 1. The number of hydrogen-bond acceptors (Lipinski definition) is 3. The summed E-state index contributed by atoms with van der Waals surface area (Å²) >= 11 is 0. The summed E-state index contributed by atoms with van der Waals surface area (Å²) in [6, 6.07) is 5.73. The molecule has 0 aliphatic rings. The van der Waals surface area contributed by atoms with Crippen LogP contribution >= 0.6 is 0 Å². The zero-order chi connectivity index (χ0) is 13.4. The molecular formula is C14H19N3O. The highest BCUT2D eigenvalue weighted by Gasteiger charge is 2.36. The number of pyridine rings is 1. The van der Waals surface area contributed by atoms with Gasteiger partial charge in [-0.05, 0) is 25.0 Å². The third kappa shape index (κ3) is 3.30. The molecule has 18 heavy (non-hydrogen) atoms. The van der Waals surface area contributed by atoms with Crippen molar-refractivity contribution in [3.8, 4) is 6.07 Å². The molecule has 1 amide bonds. The summed E-state index contributed by atoms with van der Waals surface area (Å²) in [5.41, 5.74) is -0.284. The van der Waals surface area contributed by atoms with Gasteiger partial charge in [-0.3, -0.25) is 9.78 Å². The standard InChI is InChI=1S/C14H19N3O/c1-3-7-14(11-15,8-4-2)13(18)17-12-6-5-9-16-10-12/h5-6,9-10H,3-4,7-8H2,1-2H3,(H,17,18). The molecule has 0 saturated heterocycles. The molecule has 0 saturated carbocycles. The van der Waals surface area contributed by atoms with Crippen LogP contribution < -0.4 is 5.32 Å². The number of nitrogens with zero attached hydrogens (tertiary/aromatic N) is 2. The number of carbonyl (C=O) groups is 1. The van der Waals surface area contributed by atoms with Gasteiger partial charge in [-0.25, -0.2) is 0 Å². The van der Waals surface area contributed by atoms with Crippen molar-refractivity contribution in [1.82, 2.24) is 4.98 Å². The van der Waals surface area contributed by atoms with Gasteiger partial charge in [0.1, 0.15) is 5.41 Å². The molecule has 4 nitrogen and oxygen atoms in total. The molecule has 1 N–H and O–H groups in total. The van der Waals surface area contributed by atoms with Crippen LogP contribution in [0.5, 0.6) is 0 Å². The van der Waals surface area contributed by atoms with Crippen molar-refractivity contribution in [2.75, 3.05) is 5.32 Å². The highest BCUT2D eigenvalue weighted by molar-refractivity contribution is 5.97. The highest BCUT2D eigenvalue weighted by atomic mass is 16.2. The smallest absolute Gasteiger partial charge is 0.244 e. The van der Waals surface area contributed by atoms with Crippen LogP contribution in [0.2, 0.25) is 0 Å². The maximum Gasteiger partial charge on any atom is 0.244 e. The lowest BCUT2D eigenvalue weighted by Gasteiger charge is -2.24. The molecule has 0 radical (unpaired) electrons. The Balaban J connectivity index is 2.86. The number of aromatic nitrogens is 1. The number of nitrogens with one attached hydrogen (secondary N) is 1. The Morgan fingerprint density at radius 1 is 1.44 bits per heavy atom. The van der Waals surface area contributed by atoms with E-state index in [2.05, 4.69) is 16.4 Å². The van der Waals surface area contributed by atoms with Crippen molar-refractivity contribution in [2.24, 2.45) is 5.41 Å². The summed E-state index contributed by atoms with van der Waals surface area (Å²) in [7, 11) is 0. The molecule has 0 aromatic carbocycles. The first-order valence-electron chi connectivity index (χ1n) is 6.31. The number of hydrogen-bond donors (Lipinski definition) is 1. The van der Waals surface area contributed by atoms with Crippen LogP contribution in [0.4, 0.5) is 5.69 Å². The summed E-state index contributed by atoms with van der Waals surface area (Å²) in [5, 5.41) is 12.1. The minimum atomic E-state index is -0.917. The van der Waals surface area contributed by atoms with E-state index < -0.39 is 5.41 Å². The minimum Gasteiger partial charge on any atom is -0.323 e. The molecule has 0 fully saturated rings. The Labute approximate surface area is 108 Å². The van der Waals surface area contributed by atoms with Gasteiger partial charge in [0.25, 0.3) is 0 Å². The first-order chi connectivity index (χ1) is 8.68. The van der Waals surface area contributed by atoms with Gasteiger partial charge in [-0.15, -0.1) is 0 Å². The zero-order valence-electron chi connectivity index (χ0n) is 10.9. The lowest BCUT2D eigenvalue weighted by atomic mass is 9.79. The topological polar surface area (TPSA) is 65.8 Å². The second kappa shape index (κ2) is 6.75. The second-order valence-electron chi connectivity index (χ2n) is 4.39. The number of amides is 1. The maximum atomic E-state index is 12.3.